The molecule has 108 valence electrons. The van der Waals surface area contributed by atoms with Crippen molar-refractivity contribution in [1.29, 1.82) is 5.26 Å². The molecule has 0 radical (unpaired) electrons. The number of ether oxygens (including phenoxy) is 1. The maximum absolute atomic E-state index is 9.32. The summed E-state index contributed by atoms with van der Waals surface area (Å²) >= 11 is 1.59. The SMILES string of the molecule is N#Cc1cc(N)c(Sc2ccccc2)n1CC1CCCO1. The van der Waals surface area contributed by atoms with Crippen LogP contribution in [0.15, 0.2) is 46.3 Å². The lowest BCUT2D eigenvalue weighted by Crippen LogP contribution is -2.16. The summed E-state index contributed by atoms with van der Waals surface area (Å²) in [6.45, 7) is 1.50. The first-order chi connectivity index (χ1) is 10.3. The summed E-state index contributed by atoms with van der Waals surface area (Å²) in [6, 6.07) is 14.0. The van der Waals surface area contributed by atoms with Crippen molar-refractivity contribution in [3.05, 3.63) is 42.1 Å². The molecule has 0 spiro atoms. The molecule has 5 heteroatoms. The zero-order valence-corrected chi connectivity index (χ0v) is 12.5. The summed E-state index contributed by atoms with van der Waals surface area (Å²) < 4.78 is 7.68. The lowest BCUT2D eigenvalue weighted by molar-refractivity contribution is 0.0951. The van der Waals surface area contributed by atoms with Crippen molar-refractivity contribution in [2.24, 2.45) is 0 Å². The number of aromatic nitrogens is 1. The van der Waals surface area contributed by atoms with Crippen LogP contribution in [-0.2, 0) is 11.3 Å². The van der Waals surface area contributed by atoms with E-state index >= 15 is 0 Å². The van der Waals surface area contributed by atoms with Crippen molar-refractivity contribution in [3.63, 3.8) is 0 Å². The molecule has 3 rings (SSSR count). The van der Waals surface area contributed by atoms with Crippen LogP contribution in [0.2, 0.25) is 0 Å². The van der Waals surface area contributed by atoms with Crippen molar-refractivity contribution < 1.29 is 4.74 Å². The average molecular weight is 299 g/mol. The molecule has 1 aliphatic heterocycles. The molecule has 2 heterocycles. The van der Waals surface area contributed by atoms with E-state index in [-0.39, 0.29) is 6.10 Å². The van der Waals surface area contributed by atoms with Crippen LogP contribution in [0.4, 0.5) is 5.69 Å². The van der Waals surface area contributed by atoms with Crippen molar-refractivity contribution in [3.8, 4) is 6.07 Å². The molecular weight excluding hydrogens is 282 g/mol. The van der Waals surface area contributed by atoms with Gasteiger partial charge in [0.2, 0.25) is 0 Å². The van der Waals surface area contributed by atoms with Gasteiger partial charge in [-0.1, -0.05) is 30.0 Å². The Bertz CT molecular complexity index is 654. The van der Waals surface area contributed by atoms with Crippen LogP contribution in [0, 0.1) is 11.3 Å². The maximum atomic E-state index is 9.32. The summed E-state index contributed by atoms with van der Waals surface area (Å²) in [5.74, 6) is 0. The summed E-state index contributed by atoms with van der Waals surface area (Å²) in [4.78, 5) is 1.11. The number of nitrogens with zero attached hydrogens (tertiary/aromatic N) is 2. The van der Waals surface area contributed by atoms with E-state index in [0.717, 1.165) is 29.4 Å². The lowest BCUT2D eigenvalue weighted by Gasteiger charge is -2.15. The van der Waals surface area contributed by atoms with Crippen LogP contribution < -0.4 is 5.73 Å². The Kier molecular flexibility index (Phi) is 4.18. The third-order valence-corrected chi connectivity index (χ3v) is 4.71. The zero-order valence-electron chi connectivity index (χ0n) is 11.7. The van der Waals surface area contributed by atoms with E-state index in [1.807, 2.05) is 34.9 Å². The quantitative estimate of drug-likeness (QED) is 0.941. The van der Waals surface area contributed by atoms with Crippen LogP contribution in [0.3, 0.4) is 0 Å². The summed E-state index contributed by atoms with van der Waals surface area (Å²) in [7, 11) is 0. The van der Waals surface area contributed by atoms with Crippen molar-refractivity contribution >= 4 is 17.4 Å². The summed E-state index contributed by atoms with van der Waals surface area (Å²) in [5, 5.41) is 10.2. The molecule has 0 saturated carbocycles. The Labute approximate surface area is 128 Å². The second-order valence-corrected chi connectivity index (χ2v) is 6.12. The summed E-state index contributed by atoms with van der Waals surface area (Å²) in [5.41, 5.74) is 7.36. The molecule has 1 atom stereocenters. The van der Waals surface area contributed by atoms with E-state index in [2.05, 4.69) is 6.07 Å². The molecule has 4 nitrogen and oxygen atoms in total. The van der Waals surface area contributed by atoms with Crippen molar-refractivity contribution in [2.75, 3.05) is 12.3 Å². The first-order valence-electron chi connectivity index (χ1n) is 7.01. The van der Waals surface area contributed by atoms with Crippen LogP contribution >= 0.6 is 11.8 Å². The number of hydrogen-bond acceptors (Lipinski definition) is 4. The number of nitrogen functional groups attached to an aromatic ring is 1. The molecule has 0 aliphatic carbocycles. The predicted octanol–water partition coefficient (Wildman–Crippen LogP) is 3.27. The fourth-order valence-corrected chi connectivity index (χ4v) is 3.51. The van der Waals surface area contributed by atoms with Crippen LogP contribution in [0.1, 0.15) is 18.5 Å². The minimum Gasteiger partial charge on any atom is -0.397 e. The second-order valence-electron chi connectivity index (χ2n) is 5.06. The first-order valence-corrected chi connectivity index (χ1v) is 7.83. The van der Waals surface area contributed by atoms with Crippen molar-refractivity contribution in [2.45, 2.75) is 35.4 Å². The monoisotopic (exact) mass is 299 g/mol. The van der Waals surface area contributed by atoms with Crippen LogP contribution in [0.5, 0.6) is 0 Å². The van der Waals surface area contributed by atoms with E-state index in [1.165, 1.54) is 0 Å². The van der Waals surface area contributed by atoms with Crippen LogP contribution in [-0.4, -0.2) is 17.3 Å². The third-order valence-electron chi connectivity index (χ3n) is 3.56. The topological polar surface area (TPSA) is 64.0 Å². The standard InChI is InChI=1S/C16H17N3OS/c17-10-12-9-15(18)16(21-14-6-2-1-3-7-14)19(12)11-13-5-4-8-20-13/h1-3,6-7,9,13H,4-5,8,11,18H2. The number of hydrogen-bond donors (Lipinski definition) is 1. The Morgan fingerprint density at radius 1 is 1.38 bits per heavy atom. The molecule has 1 unspecified atom stereocenters. The number of anilines is 1. The van der Waals surface area contributed by atoms with Gasteiger partial charge in [0.25, 0.3) is 0 Å². The van der Waals surface area contributed by atoms with Gasteiger partial charge in [0, 0.05) is 11.5 Å². The molecule has 1 saturated heterocycles. The Morgan fingerprint density at radius 3 is 2.86 bits per heavy atom. The highest BCUT2D eigenvalue weighted by Gasteiger charge is 2.21. The number of benzene rings is 1. The molecule has 0 amide bonds. The predicted molar refractivity (Wildman–Crippen MR) is 83.1 cm³/mol. The lowest BCUT2D eigenvalue weighted by atomic mass is 10.2. The minimum atomic E-state index is 0.180. The maximum Gasteiger partial charge on any atom is 0.123 e. The van der Waals surface area contributed by atoms with E-state index in [1.54, 1.807) is 17.8 Å². The normalized spacial score (nSPS) is 17.8. The molecule has 1 aromatic heterocycles. The van der Waals surface area contributed by atoms with Gasteiger partial charge < -0.3 is 15.0 Å². The second kappa shape index (κ2) is 6.25. The minimum absolute atomic E-state index is 0.180. The highest BCUT2D eigenvalue weighted by Crippen LogP contribution is 2.35. The van der Waals surface area contributed by atoms with Gasteiger partial charge in [0.05, 0.1) is 18.3 Å². The van der Waals surface area contributed by atoms with Gasteiger partial charge in [-0.25, -0.2) is 0 Å². The van der Waals surface area contributed by atoms with Gasteiger partial charge in [-0.3, -0.25) is 0 Å². The summed E-state index contributed by atoms with van der Waals surface area (Å²) in [6.07, 6.45) is 2.31. The van der Waals surface area contributed by atoms with Gasteiger partial charge in [0.1, 0.15) is 16.8 Å². The molecule has 1 aromatic carbocycles. The fraction of sp³-hybridized carbons (Fsp3) is 0.312. The van der Waals surface area contributed by atoms with Gasteiger partial charge in [-0.15, -0.1) is 0 Å². The van der Waals surface area contributed by atoms with E-state index in [4.69, 9.17) is 10.5 Å². The van der Waals surface area contributed by atoms with E-state index in [9.17, 15) is 5.26 Å². The largest absolute Gasteiger partial charge is 0.397 e. The number of nitrogens with two attached hydrogens (primary N) is 1. The van der Waals surface area contributed by atoms with Gasteiger partial charge in [-0.2, -0.15) is 5.26 Å². The number of nitriles is 1. The molecule has 21 heavy (non-hydrogen) atoms. The zero-order chi connectivity index (χ0) is 14.7. The van der Waals surface area contributed by atoms with Crippen LogP contribution in [0.25, 0.3) is 0 Å². The Hall–Kier alpha value is -1.90. The molecule has 2 N–H and O–H groups in total. The fourth-order valence-electron chi connectivity index (χ4n) is 2.53. The molecular formula is C16H17N3OS. The highest BCUT2D eigenvalue weighted by atomic mass is 32.2. The smallest absolute Gasteiger partial charge is 0.123 e. The first kappa shape index (κ1) is 14.1. The van der Waals surface area contributed by atoms with Gasteiger partial charge >= 0.3 is 0 Å². The third kappa shape index (κ3) is 3.07. The molecule has 2 aromatic rings. The van der Waals surface area contributed by atoms with Crippen molar-refractivity contribution in [1.82, 2.24) is 4.57 Å². The van der Waals surface area contributed by atoms with E-state index in [0.29, 0.717) is 17.9 Å². The Balaban J connectivity index is 1.91. The molecule has 1 fully saturated rings. The van der Waals surface area contributed by atoms with Gasteiger partial charge in [-0.05, 0) is 31.0 Å². The molecule has 1 aliphatic rings. The number of rotatable bonds is 4. The Morgan fingerprint density at radius 2 is 2.19 bits per heavy atom. The average Bonchev–Trinajstić information content (AvgIpc) is 3.11. The van der Waals surface area contributed by atoms with Gasteiger partial charge in [0.15, 0.2) is 0 Å². The van der Waals surface area contributed by atoms with E-state index < -0.39 is 0 Å². The highest BCUT2D eigenvalue weighted by molar-refractivity contribution is 7.99. The molecule has 0 bridgehead atoms.